The van der Waals surface area contributed by atoms with Gasteiger partial charge in [0.05, 0.1) is 31.4 Å². The first kappa shape index (κ1) is 22.3. The number of ether oxygens (including phenoxy) is 3. The third-order valence-electron chi connectivity index (χ3n) is 4.30. The molecule has 0 spiro atoms. The van der Waals surface area contributed by atoms with Gasteiger partial charge < -0.3 is 19.5 Å². The second-order valence-corrected chi connectivity index (χ2v) is 7.64. The molecule has 1 amide bonds. The third-order valence-corrected chi connectivity index (χ3v) is 5.19. The van der Waals surface area contributed by atoms with Gasteiger partial charge in [0.15, 0.2) is 11.5 Å². The topological polar surface area (TPSA) is 86.8 Å². The number of rotatable bonds is 9. The molecule has 0 fully saturated rings. The molecule has 8 heteroatoms. The number of nitrogens with zero attached hydrogens (tertiary/aromatic N) is 1. The summed E-state index contributed by atoms with van der Waals surface area (Å²) in [5.41, 5.74) is 2.82. The Morgan fingerprint density at radius 3 is 2.58 bits per heavy atom. The molecule has 162 valence electrons. The summed E-state index contributed by atoms with van der Waals surface area (Å²) in [6.07, 6.45) is 0.155. The molecule has 0 atom stereocenters. The van der Waals surface area contributed by atoms with E-state index in [9.17, 15) is 9.59 Å². The van der Waals surface area contributed by atoms with Crippen molar-refractivity contribution in [2.45, 2.75) is 26.9 Å². The first-order chi connectivity index (χ1) is 15.0. The SMILES string of the molecule is CCOc1cc(C(=O)OCc2csc(CC(=O)Nc3ccc(C)cc3)n2)ccc1OC. The number of aromatic nitrogens is 1. The van der Waals surface area contributed by atoms with Crippen molar-refractivity contribution in [2.75, 3.05) is 19.0 Å². The number of methoxy groups -OCH3 is 1. The van der Waals surface area contributed by atoms with E-state index in [4.69, 9.17) is 14.2 Å². The van der Waals surface area contributed by atoms with E-state index >= 15 is 0 Å². The highest BCUT2D eigenvalue weighted by Gasteiger charge is 2.14. The molecule has 1 aromatic heterocycles. The zero-order valence-electron chi connectivity index (χ0n) is 17.6. The zero-order valence-corrected chi connectivity index (χ0v) is 18.5. The summed E-state index contributed by atoms with van der Waals surface area (Å²) in [6.45, 7) is 4.31. The van der Waals surface area contributed by atoms with Crippen LogP contribution in [0.5, 0.6) is 11.5 Å². The summed E-state index contributed by atoms with van der Waals surface area (Å²) in [4.78, 5) is 29.0. The second-order valence-electron chi connectivity index (χ2n) is 6.70. The summed E-state index contributed by atoms with van der Waals surface area (Å²) in [7, 11) is 1.54. The summed E-state index contributed by atoms with van der Waals surface area (Å²) in [6, 6.07) is 12.5. The molecular weight excluding hydrogens is 416 g/mol. The van der Waals surface area contributed by atoms with E-state index in [-0.39, 0.29) is 18.9 Å². The van der Waals surface area contributed by atoms with Crippen LogP contribution in [0.3, 0.4) is 0 Å². The molecule has 31 heavy (non-hydrogen) atoms. The van der Waals surface area contributed by atoms with Crippen molar-refractivity contribution >= 4 is 28.9 Å². The van der Waals surface area contributed by atoms with Crippen LogP contribution in [0.15, 0.2) is 47.8 Å². The maximum atomic E-state index is 12.4. The molecule has 2 aromatic carbocycles. The van der Waals surface area contributed by atoms with E-state index in [1.54, 1.807) is 23.6 Å². The second kappa shape index (κ2) is 10.6. The first-order valence-corrected chi connectivity index (χ1v) is 10.6. The lowest BCUT2D eigenvalue weighted by atomic mass is 10.2. The van der Waals surface area contributed by atoms with Gasteiger partial charge in [0.25, 0.3) is 0 Å². The minimum atomic E-state index is -0.490. The van der Waals surface area contributed by atoms with Crippen molar-refractivity contribution < 1.29 is 23.8 Å². The minimum Gasteiger partial charge on any atom is -0.493 e. The van der Waals surface area contributed by atoms with Gasteiger partial charge in [-0.05, 0) is 44.2 Å². The predicted octanol–water partition coefficient (Wildman–Crippen LogP) is 4.40. The fourth-order valence-electron chi connectivity index (χ4n) is 2.77. The van der Waals surface area contributed by atoms with Gasteiger partial charge >= 0.3 is 5.97 Å². The maximum Gasteiger partial charge on any atom is 0.338 e. The highest BCUT2D eigenvalue weighted by Crippen LogP contribution is 2.28. The lowest BCUT2D eigenvalue weighted by molar-refractivity contribution is -0.115. The largest absolute Gasteiger partial charge is 0.493 e. The van der Waals surface area contributed by atoms with Crippen LogP contribution < -0.4 is 14.8 Å². The molecule has 0 saturated heterocycles. The monoisotopic (exact) mass is 440 g/mol. The number of carbonyl (C=O) groups excluding carboxylic acids is 2. The quantitative estimate of drug-likeness (QED) is 0.497. The van der Waals surface area contributed by atoms with Gasteiger partial charge in [-0.1, -0.05) is 17.7 Å². The van der Waals surface area contributed by atoms with E-state index in [2.05, 4.69) is 10.3 Å². The van der Waals surface area contributed by atoms with Gasteiger partial charge in [0.2, 0.25) is 5.91 Å². The number of anilines is 1. The molecule has 0 unspecified atom stereocenters. The highest BCUT2D eigenvalue weighted by atomic mass is 32.1. The van der Waals surface area contributed by atoms with Crippen LogP contribution >= 0.6 is 11.3 Å². The summed E-state index contributed by atoms with van der Waals surface area (Å²) in [5.74, 6) is 0.389. The number of carbonyl (C=O) groups is 2. The number of thiazole rings is 1. The van der Waals surface area contributed by atoms with Crippen molar-refractivity contribution in [3.8, 4) is 11.5 Å². The van der Waals surface area contributed by atoms with Crippen LogP contribution in [0, 0.1) is 6.92 Å². The molecule has 1 N–H and O–H groups in total. The van der Waals surface area contributed by atoms with E-state index in [1.165, 1.54) is 18.4 Å². The summed E-state index contributed by atoms with van der Waals surface area (Å²) < 4.78 is 16.1. The molecule has 3 rings (SSSR count). The molecule has 0 aliphatic rings. The average molecular weight is 441 g/mol. The van der Waals surface area contributed by atoms with Gasteiger partial charge in [-0.15, -0.1) is 11.3 Å². The predicted molar refractivity (Wildman–Crippen MR) is 119 cm³/mol. The molecule has 0 saturated carbocycles. The Hall–Kier alpha value is -3.39. The first-order valence-electron chi connectivity index (χ1n) is 9.76. The molecule has 0 bridgehead atoms. The van der Waals surface area contributed by atoms with E-state index in [0.29, 0.717) is 34.4 Å². The number of nitrogens with one attached hydrogen (secondary N) is 1. The molecule has 1 heterocycles. The molecule has 7 nitrogen and oxygen atoms in total. The number of hydrogen-bond acceptors (Lipinski definition) is 7. The molecule has 3 aromatic rings. The van der Waals surface area contributed by atoms with Crippen molar-refractivity contribution in [3.05, 3.63) is 69.7 Å². The van der Waals surface area contributed by atoms with Gasteiger partial charge in [-0.2, -0.15) is 0 Å². The van der Waals surface area contributed by atoms with Gasteiger partial charge in [0.1, 0.15) is 11.6 Å². The summed E-state index contributed by atoms with van der Waals surface area (Å²) >= 11 is 1.35. The van der Waals surface area contributed by atoms with E-state index < -0.39 is 5.97 Å². The van der Waals surface area contributed by atoms with Crippen molar-refractivity contribution in [1.29, 1.82) is 0 Å². The molecule has 0 aliphatic carbocycles. The van der Waals surface area contributed by atoms with Crippen LogP contribution in [-0.2, 0) is 22.6 Å². The van der Waals surface area contributed by atoms with Crippen molar-refractivity contribution in [1.82, 2.24) is 4.98 Å². The standard InChI is InChI=1S/C23H24N2O5S/c1-4-29-20-11-16(7-10-19(20)28-3)23(27)30-13-18-14-31-22(25-18)12-21(26)24-17-8-5-15(2)6-9-17/h5-11,14H,4,12-13H2,1-3H3,(H,24,26). The normalized spacial score (nSPS) is 10.4. The molecule has 0 radical (unpaired) electrons. The fourth-order valence-corrected chi connectivity index (χ4v) is 3.55. The van der Waals surface area contributed by atoms with Crippen LogP contribution in [-0.4, -0.2) is 30.6 Å². The summed E-state index contributed by atoms with van der Waals surface area (Å²) in [5, 5.41) is 5.27. The average Bonchev–Trinajstić information content (AvgIpc) is 3.21. The van der Waals surface area contributed by atoms with Crippen LogP contribution in [0.2, 0.25) is 0 Å². The third kappa shape index (κ3) is 6.29. The smallest absolute Gasteiger partial charge is 0.338 e. The number of esters is 1. The number of hydrogen-bond donors (Lipinski definition) is 1. The molecular formula is C23H24N2O5S. The lowest BCUT2D eigenvalue weighted by Gasteiger charge is -2.10. The maximum absolute atomic E-state index is 12.4. The Morgan fingerprint density at radius 1 is 1.10 bits per heavy atom. The van der Waals surface area contributed by atoms with Crippen LogP contribution in [0.1, 0.15) is 33.5 Å². The Bertz CT molecular complexity index is 1050. The molecule has 0 aliphatic heterocycles. The van der Waals surface area contributed by atoms with Crippen LogP contribution in [0.25, 0.3) is 0 Å². The van der Waals surface area contributed by atoms with Crippen LogP contribution in [0.4, 0.5) is 5.69 Å². The Kier molecular flexibility index (Phi) is 7.61. The number of aryl methyl sites for hydroxylation is 1. The van der Waals surface area contributed by atoms with E-state index in [0.717, 1.165) is 11.3 Å². The lowest BCUT2D eigenvalue weighted by Crippen LogP contribution is -2.14. The number of benzene rings is 2. The van der Waals surface area contributed by atoms with Gasteiger partial charge in [0, 0.05) is 11.1 Å². The Labute approximate surface area is 185 Å². The highest BCUT2D eigenvalue weighted by molar-refractivity contribution is 7.09. The number of amides is 1. The van der Waals surface area contributed by atoms with Gasteiger partial charge in [-0.3, -0.25) is 4.79 Å². The van der Waals surface area contributed by atoms with E-state index in [1.807, 2.05) is 38.1 Å². The zero-order chi connectivity index (χ0) is 22.2. The Morgan fingerprint density at radius 2 is 1.87 bits per heavy atom. The fraction of sp³-hybridized carbons (Fsp3) is 0.261. The van der Waals surface area contributed by atoms with Gasteiger partial charge in [-0.25, -0.2) is 9.78 Å². The van der Waals surface area contributed by atoms with Crippen molar-refractivity contribution in [2.24, 2.45) is 0 Å². The Balaban J connectivity index is 1.53. The minimum absolute atomic E-state index is 0.0188. The van der Waals surface area contributed by atoms with Crippen molar-refractivity contribution in [3.63, 3.8) is 0 Å².